The van der Waals surface area contributed by atoms with E-state index in [-0.39, 0.29) is 5.82 Å². The molecule has 24 heavy (non-hydrogen) atoms. The number of nitrogens with zero attached hydrogens (tertiary/aromatic N) is 3. The van der Waals surface area contributed by atoms with E-state index in [1.165, 1.54) is 49.5 Å². The molecule has 1 aliphatic rings. The van der Waals surface area contributed by atoms with Crippen molar-refractivity contribution in [3.63, 3.8) is 0 Å². The monoisotopic (exact) mass is 366 g/mol. The van der Waals surface area contributed by atoms with Gasteiger partial charge in [-0.05, 0) is 43.7 Å². The summed E-state index contributed by atoms with van der Waals surface area (Å²) in [6, 6.07) is 7.22. The highest BCUT2D eigenvalue weighted by molar-refractivity contribution is 7.73. The van der Waals surface area contributed by atoms with Crippen LogP contribution < -0.4 is 5.32 Å². The molecule has 0 bridgehead atoms. The van der Waals surface area contributed by atoms with Gasteiger partial charge in [-0.2, -0.15) is 0 Å². The lowest BCUT2D eigenvalue weighted by atomic mass is 9.94. The fourth-order valence-corrected chi connectivity index (χ4v) is 4.22. The number of anilines is 2. The molecule has 1 aliphatic carbocycles. The van der Waals surface area contributed by atoms with Crippen LogP contribution >= 0.6 is 23.6 Å². The van der Waals surface area contributed by atoms with Crippen LogP contribution in [-0.2, 0) is 6.67 Å². The van der Waals surface area contributed by atoms with Gasteiger partial charge in [0, 0.05) is 6.04 Å². The van der Waals surface area contributed by atoms with Crippen LogP contribution in [-0.4, -0.2) is 27.3 Å². The van der Waals surface area contributed by atoms with Crippen LogP contribution in [0.25, 0.3) is 0 Å². The van der Waals surface area contributed by atoms with E-state index in [0.29, 0.717) is 27.5 Å². The molecule has 7 heteroatoms. The van der Waals surface area contributed by atoms with Crippen LogP contribution in [0.1, 0.15) is 39.0 Å². The van der Waals surface area contributed by atoms with Gasteiger partial charge in [0.15, 0.2) is 3.95 Å². The van der Waals surface area contributed by atoms with Crippen molar-refractivity contribution in [1.29, 1.82) is 0 Å². The maximum Gasteiger partial charge on any atom is 0.209 e. The van der Waals surface area contributed by atoms with E-state index in [1.807, 2.05) is 4.68 Å². The Morgan fingerprint density at radius 1 is 1.33 bits per heavy atom. The van der Waals surface area contributed by atoms with Crippen molar-refractivity contribution >= 4 is 34.4 Å². The second-order valence-electron chi connectivity index (χ2n) is 6.12. The smallest absolute Gasteiger partial charge is 0.209 e. The molecule has 0 radical (unpaired) electrons. The molecule has 1 aromatic heterocycles. The van der Waals surface area contributed by atoms with Gasteiger partial charge in [0.25, 0.3) is 0 Å². The fraction of sp³-hybridized carbons (Fsp3) is 0.529. The molecule has 1 saturated carbocycles. The Morgan fingerprint density at radius 3 is 2.79 bits per heavy atom. The standard InChI is InChI=1S/C17H23FN4S2/c1-2-21(13-8-4-3-5-9-13)12-22-17(23)24-16(20-22)19-15-11-7-6-10-14(15)18/h6-7,10-11,13H,2-5,8-9,12H2,1H3,(H,19,20). The van der Waals surface area contributed by atoms with Gasteiger partial charge in [-0.3, -0.25) is 4.90 Å². The highest BCUT2D eigenvalue weighted by atomic mass is 32.1. The number of hydrogen-bond acceptors (Lipinski definition) is 5. The molecule has 4 nitrogen and oxygen atoms in total. The second-order valence-corrected chi connectivity index (χ2v) is 7.74. The number of benzene rings is 1. The van der Waals surface area contributed by atoms with Crippen LogP contribution in [0.3, 0.4) is 0 Å². The van der Waals surface area contributed by atoms with Crippen molar-refractivity contribution in [3.05, 3.63) is 34.0 Å². The minimum atomic E-state index is -0.289. The molecular formula is C17H23FN4S2. The van der Waals surface area contributed by atoms with Crippen molar-refractivity contribution in [2.75, 3.05) is 11.9 Å². The van der Waals surface area contributed by atoms with Gasteiger partial charge in [-0.15, -0.1) is 5.10 Å². The van der Waals surface area contributed by atoms with Gasteiger partial charge in [0.1, 0.15) is 5.82 Å². The normalized spacial score (nSPS) is 15.8. The number of rotatable bonds is 6. The highest BCUT2D eigenvalue weighted by Gasteiger charge is 2.20. The quantitative estimate of drug-likeness (QED) is 0.715. The van der Waals surface area contributed by atoms with Crippen LogP contribution in [0.15, 0.2) is 24.3 Å². The molecule has 2 aromatic rings. The second kappa shape index (κ2) is 8.18. The molecule has 1 aromatic carbocycles. The molecule has 1 fully saturated rings. The number of aromatic nitrogens is 2. The number of hydrogen-bond donors (Lipinski definition) is 1. The molecule has 130 valence electrons. The molecular weight excluding hydrogens is 343 g/mol. The van der Waals surface area contributed by atoms with Crippen molar-refractivity contribution < 1.29 is 4.39 Å². The minimum absolute atomic E-state index is 0.289. The first kappa shape index (κ1) is 17.5. The Kier molecular flexibility index (Phi) is 5.97. The number of para-hydroxylation sites is 1. The number of halogens is 1. The lowest BCUT2D eigenvalue weighted by Crippen LogP contribution is -2.38. The minimum Gasteiger partial charge on any atom is -0.328 e. The SMILES string of the molecule is CCN(Cn1nc(Nc2ccccc2F)sc1=S)C1CCCCC1. The van der Waals surface area contributed by atoms with Gasteiger partial charge in [-0.25, -0.2) is 9.07 Å². The van der Waals surface area contributed by atoms with E-state index in [4.69, 9.17) is 12.2 Å². The Morgan fingerprint density at radius 2 is 2.08 bits per heavy atom. The average Bonchev–Trinajstić information content (AvgIpc) is 2.95. The molecule has 0 unspecified atom stereocenters. The van der Waals surface area contributed by atoms with E-state index in [0.717, 1.165) is 6.54 Å². The Hall–Kier alpha value is -1.31. The molecule has 0 spiro atoms. The first-order chi connectivity index (χ1) is 11.7. The zero-order chi connectivity index (χ0) is 16.9. The van der Waals surface area contributed by atoms with E-state index >= 15 is 0 Å². The van der Waals surface area contributed by atoms with E-state index < -0.39 is 0 Å². The average molecular weight is 367 g/mol. The number of nitrogens with one attached hydrogen (secondary N) is 1. The van der Waals surface area contributed by atoms with Crippen molar-refractivity contribution in [3.8, 4) is 0 Å². The fourth-order valence-electron chi connectivity index (χ4n) is 3.22. The van der Waals surface area contributed by atoms with Gasteiger partial charge >= 0.3 is 0 Å². The molecule has 0 atom stereocenters. The molecule has 0 saturated heterocycles. The summed E-state index contributed by atoms with van der Waals surface area (Å²) in [6.45, 7) is 3.87. The summed E-state index contributed by atoms with van der Waals surface area (Å²) < 4.78 is 16.3. The Labute approximate surface area is 151 Å². The van der Waals surface area contributed by atoms with E-state index in [2.05, 4.69) is 22.2 Å². The Balaban J connectivity index is 1.71. The molecule has 1 heterocycles. The summed E-state index contributed by atoms with van der Waals surface area (Å²) in [5.74, 6) is -0.289. The highest BCUT2D eigenvalue weighted by Crippen LogP contribution is 2.25. The maximum absolute atomic E-state index is 13.8. The van der Waals surface area contributed by atoms with E-state index in [1.54, 1.807) is 18.2 Å². The summed E-state index contributed by atoms with van der Waals surface area (Å²) >= 11 is 6.83. The summed E-state index contributed by atoms with van der Waals surface area (Å²) in [4.78, 5) is 2.45. The topological polar surface area (TPSA) is 33.1 Å². The van der Waals surface area contributed by atoms with E-state index in [9.17, 15) is 4.39 Å². The zero-order valence-corrected chi connectivity index (χ0v) is 15.5. The summed E-state index contributed by atoms with van der Waals surface area (Å²) in [7, 11) is 0. The lowest BCUT2D eigenvalue weighted by Gasteiger charge is -2.33. The van der Waals surface area contributed by atoms with Crippen LogP contribution in [0, 0.1) is 9.77 Å². The third-order valence-corrected chi connectivity index (χ3v) is 5.76. The third-order valence-electron chi connectivity index (χ3n) is 4.53. The van der Waals surface area contributed by atoms with Gasteiger partial charge < -0.3 is 5.32 Å². The Bertz CT molecular complexity index is 721. The first-order valence-corrected chi connectivity index (χ1v) is 9.73. The predicted octanol–water partition coefficient (Wildman–Crippen LogP) is 5.17. The first-order valence-electron chi connectivity index (χ1n) is 8.51. The van der Waals surface area contributed by atoms with Gasteiger partial charge in [-0.1, -0.05) is 49.7 Å². The molecule has 1 N–H and O–H groups in total. The zero-order valence-electron chi connectivity index (χ0n) is 13.9. The molecule has 3 rings (SSSR count). The van der Waals surface area contributed by atoms with Crippen molar-refractivity contribution in [2.45, 2.75) is 51.7 Å². The summed E-state index contributed by atoms with van der Waals surface area (Å²) in [6.07, 6.45) is 6.48. The predicted molar refractivity (Wildman–Crippen MR) is 99.9 cm³/mol. The van der Waals surface area contributed by atoms with Gasteiger partial charge in [0.05, 0.1) is 12.4 Å². The molecule has 0 aliphatic heterocycles. The van der Waals surface area contributed by atoms with Crippen LogP contribution in [0.4, 0.5) is 15.2 Å². The molecule has 0 amide bonds. The largest absolute Gasteiger partial charge is 0.328 e. The third kappa shape index (κ3) is 4.20. The van der Waals surface area contributed by atoms with Crippen molar-refractivity contribution in [2.24, 2.45) is 0 Å². The van der Waals surface area contributed by atoms with Gasteiger partial charge in [0.2, 0.25) is 5.13 Å². The maximum atomic E-state index is 13.8. The van der Waals surface area contributed by atoms with Crippen LogP contribution in [0.5, 0.6) is 0 Å². The lowest BCUT2D eigenvalue weighted by molar-refractivity contribution is 0.119. The summed E-state index contributed by atoms with van der Waals surface area (Å²) in [5, 5.41) is 8.20. The summed E-state index contributed by atoms with van der Waals surface area (Å²) in [5.41, 5.74) is 0.424. The van der Waals surface area contributed by atoms with Crippen molar-refractivity contribution in [1.82, 2.24) is 14.7 Å². The van der Waals surface area contributed by atoms with Crippen LogP contribution in [0.2, 0.25) is 0 Å².